The molecule has 1 aromatic carbocycles. The molecule has 0 unspecified atom stereocenters. The third-order valence-corrected chi connectivity index (χ3v) is 2.31. The SMILES string of the molecule is CCc1ccc(NCc2cnco2)cc1. The van der Waals surface area contributed by atoms with Crippen molar-refractivity contribution in [3.8, 4) is 0 Å². The predicted octanol–water partition coefficient (Wildman–Crippen LogP) is 2.85. The third kappa shape index (κ3) is 2.59. The van der Waals surface area contributed by atoms with E-state index in [4.69, 9.17) is 4.42 Å². The van der Waals surface area contributed by atoms with E-state index in [0.717, 1.165) is 17.9 Å². The summed E-state index contributed by atoms with van der Waals surface area (Å²) in [5.74, 6) is 0.842. The second kappa shape index (κ2) is 4.64. The van der Waals surface area contributed by atoms with Crippen LogP contribution < -0.4 is 5.32 Å². The Hall–Kier alpha value is -1.77. The van der Waals surface area contributed by atoms with Crippen molar-refractivity contribution in [2.24, 2.45) is 0 Å². The fraction of sp³-hybridized carbons (Fsp3) is 0.250. The highest BCUT2D eigenvalue weighted by atomic mass is 16.3. The lowest BCUT2D eigenvalue weighted by molar-refractivity contribution is 0.512. The number of anilines is 1. The molecule has 3 nitrogen and oxygen atoms in total. The van der Waals surface area contributed by atoms with E-state index in [-0.39, 0.29) is 0 Å². The molecule has 2 aromatic rings. The smallest absolute Gasteiger partial charge is 0.180 e. The lowest BCUT2D eigenvalue weighted by Gasteiger charge is -2.04. The summed E-state index contributed by atoms with van der Waals surface area (Å²) in [6, 6.07) is 8.41. The van der Waals surface area contributed by atoms with Gasteiger partial charge >= 0.3 is 0 Å². The summed E-state index contributed by atoms with van der Waals surface area (Å²) >= 11 is 0. The first-order valence-corrected chi connectivity index (χ1v) is 5.08. The quantitative estimate of drug-likeness (QED) is 0.828. The molecule has 1 heterocycles. The van der Waals surface area contributed by atoms with Crippen LogP contribution in [0.25, 0.3) is 0 Å². The molecular formula is C12H14N2O. The van der Waals surface area contributed by atoms with Gasteiger partial charge in [-0.05, 0) is 24.1 Å². The van der Waals surface area contributed by atoms with Crippen molar-refractivity contribution < 1.29 is 4.42 Å². The first-order chi connectivity index (χ1) is 7.38. The normalized spacial score (nSPS) is 10.2. The predicted molar refractivity (Wildman–Crippen MR) is 59.6 cm³/mol. The Balaban J connectivity index is 1.93. The van der Waals surface area contributed by atoms with E-state index < -0.39 is 0 Å². The zero-order valence-electron chi connectivity index (χ0n) is 8.73. The van der Waals surface area contributed by atoms with Crippen molar-refractivity contribution in [2.45, 2.75) is 19.9 Å². The van der Waals surface area contributed by atoms with Gasteiger partial charge in [0, 0.05) is 5.69 Å². The van der Waals surface area contributed by atoms with Gasteiger partial charge in [-0.25, -0.2) is 4.98 Å². The zero-order chi connectivity index (χ0) is 10.5. The van der Waals surface area contributed by atoms with Crippen LogP contribution in [0.4, 0.5) is 5.69 Å². The van der Waals surface area contributed by atoms with Crippen molar-refractivity contribution in [1.82, 2.24) is 4.98 Å². The van der Waals surface area contributed by atoms with Crippen LogP contribution in [0.15, 0.2) is 41.3 Å². The van der Waals surface area contributed by atoms with E-state index >= 15 is 0 Å². The fourth-order valence-electron chi connectivity index (χ4n) is 1.38. The minimum Gasteiger partial charge on any atom is -0.447 e. The summed E-state index contributed by atoms with van der Waals surface area (Å²) in [4.78, 5) is 3.86. The summed E-state index contributed by atoms with van der Waals surface area (Å²) < 4.78 is 5.13. The number of oxazole rings is 1. The van der Waals surface area contributed by atoms with E-state index in [0.29, 0.717) is 6.54 Å². The molecule has 0 saturated carbocycles. The van der Waals surface area contributed by atoms with Gasteiger partial charge in [0.15, 0.2) is 6.39 Å². The summed E-state index contributed by atoms with van der Waals surface area (Å²) in [6.45, 7) is 2.82. The maximum absolute atomic E-state index is 5.13. The lowest BCUT2D eigenvalue weighted by Crippen LogP contribution is -1.97. The van der Waals surface area contributed by atoms with Gasteiger partial charge in [-0.3, -0.25) is 0 Å². The molecule has 2 rings (SSSR count). The largest absolute Gasteiger partial charge is 0.447 e. The van der Waals surface area contributed by atoms with Crippen LogP contribution in [0.2, 0.25) is 0 Å². The number of hydrogen-bond acceptors (Lipinski definition) is 3. The summed E-state index contributed by atoms with van der Waals surface area (Å²) in [5.41, 5.74) is 2.45. The highest BCUT2D eigenvalue weighted by Crippen LogP contribution is 2.11. The van der Waals surface area contributed by atoms with Gasteiger partial charge in [-0.15, -0.1) is 0 Å². The first kappa shape index (κ1) is 9.77. The monoisotopic (exact) mass is 202 g/mol. The summed E-state index contributed by atoms with van der Waals surface area (Å²) in [6.07, 6.45) is 4.23. The number of nitrogens with zero attached hydrogens (tertiary/aromatic N) is 1. The molecule has 1 aromatic heterocycles. The van der Waals surface area contributed by atoms with Crippen molar-refractivity contribution in [3.63, 3.8) is 0 Å². The Morgan fingerprint density at radius 2 is 2.07 bits per heavy atom. The van der Waals surface area contributed by atoms with Crippen molar-refractivity contribution in [3.05, 3.63) is 48.2 Å². The van der Waals surface area contributed by atoms with Crippen molar-refractivity contribution in [2.75, 3.05) is 5.32 Å². The topological polar surface area (TPSA) is 38.1 Å². The number of rotatable bonds is 4. The highest BCUT2D eigenvalue weighted by molar-refractivity contribution is 5.44. The van der Waals surface area contributed by atoms with Crippen LogP contribution in [-0.2, 0) is 13.0 Å². The lowest BCUT2D eigenvalue weighted by atomic mass is 10.1. The first-order valence-electron chi connectivity index (χ1n) is 5.08. The molecular weight excluding hydrogens is 188 g/mol. The molecule has 0 aliphatic rings. The van der Waals surface area contributed by atoms with Crippen LogP contribution in [0.5, 0.6) is 0 Å². The number of aromatic nitrogens is 1. The van der Waals surface area contributed by atoms with Gasteiger partial charge < -0.3 is 9.73 Å². The zero-order valence-corrected chi connectivity index (χ0v) is 8.73. The Labute approximate surface area is 89.1 Å². The second-order valence-electron chi connectivity index (χ2n) is 3.37. The standard InChI is InChI=1S/C12H14N2O/c1-2-10-3-5-11(6-4-10)14-8-12-7-13-9-15-12/h3-7,9,14H,2,8H2,1H3. The Morgan fingerprint density at radius 3 is 2.67 bits per heavy atom. The Morgan fingerprint density at radius 1 is 1.27 bits per heavy atom. The number of nitrogens with one attached hydrogen (secondary N) is 1. The second-order valence-corrected chi connectivity index (χ2v) is 3.37. The molecule has 1 N–H and O–H groups in total. The van der Waals surface area contributed by atoms with Gasteiger partial charge in [0.2, 0.25) is 0 Å². The number of benzene rings is 1. The average Bonchev–Trinajstić information content (AvgIpc) is 2.80. The van der Waals surface area contributed by atoms with Crippen LogP contribution in [0.1, 0.15) is 18.2 Å². The van der Waals surface area contributed by atoms with Crippen molar-refractivity contribution >= 4 is 5.69 Å². The summed E-state index contributed by atoms with van der Waals surface area (Å²) in [7, 11) is 0. The Bertz CT molecular complexity index is 392. The molecule has 0 fully saturated rings. The van der Waals surface area contributed by atoms with E-state index in [9.17, 15) is 0 Å². The fourth-order valence-corrected chi connectivity index (χ4v) is 1.38. The molecule has 0 atom stereocenters. The summed E-state index contributed by atoms with van der Waals surface area (Å²) in [5, 5.41) is 3.26. The molecule has 78 valence electrons. The van der Waals surface area contributed by atoms with Gasteiger partial charge in [0.05, 0.1) is 12.7 Å². The average molecular weight is 202 g/mol. The van der Waals surface area contributed by atoms with E-state index in [1.807, 2.05) is 0 Å². The van der Waals surface area contributed by atoms with Crippen LogP contribution in [-0.4, -0.2) is 4.98 Å². The minimum absolute atomic E-state index is 0.672. The molecule has 3 heteroatoms. The maximum atomic E-state index is 5.13. The molecule has 15 heavy (non-hydrogen) atoms. The van der Waals surface area contributed by atoms with Gasteiger partial charge in [0.25, 0.3) is 0 Å². The minimum atomic E-state index is 0.672. The number of hydrogen-bond donors (Lipinski definition) is 1. The molecule has 0 amide bonds. The number of aryl methyl sites for hydroxylation is 1. The van der Waals surface area contributed by atoms with E-state index in [1.54, 1.807) is 6.20 Å². The van der Waals surface area contributed by atoms with Crippen molar-refractivity contribution in [1.29, 1.82) is 0 Å². The molecule has 0 bridgehead atoms. The third-order valence-electron chi connectivity index (χ3n) is 2.31. The van der Waals surface area contributed by atoms with Gasteiger partial charge in [-0.2, -0.15) is 0 Å². The van der Waals surface area contributed by atoms with Crippen LogP contribution >= 0.6 is 0 Å². The Kier molecular flexibility index (Phi) is 3.02. The molecule has 0 saturated heterocycles. The van der Waals surface area contributed by atoms with Crippen LogP contribution in [0, 0.1) is 0 Å². The van der Waals surface area contributed by atoms with E-state index in [1.165, 1.54) is 12.0 Å². The van der Waals surface area contributed by atoms with Gasteiger partial charge in [0.1, 0.15) is 5.76 Å². The molecule has 0 aliphatic heterocycles. The molecule has 0 radical (unpaired) electrons. The highest BCUT2D eigenvalue weighted by Gasteiger charge is 1.96. The van der Waals surface area contributed by atoms with Crippen LogP contribution in [0.3, 0.4) is 0 Å². The maximum Gasteiger partial charge on any atom is 0.180 e. The van der Waals surface area contributed by atoms with Gasteiger partial charge in [-0.1, -0.05) is 19.1 Å². The molecule has 0 spiro atoms. The molecule has 0 aliphatic carbocycles. The van der Waals surface area contributed by atoms with E-state index in [2.05, 4.69) is 41.5 Å².